The number of piperidine rings is 1. The van der Waals surface area contributed by atoms with Gasteiger partial charge < -0.3 is 0 Å². The van der Waals surface area contributed by atoms with Crippen molar-refractivity contribution in [2.24, 2.45) is 7.05 Å². The summed E-state index contributed by atoms with van der Waals surface area (Å²) in [6, 6.07) is 9.66. The van der Waals surface area contributed by atoms with Crippen LogP contribution in [0.3, 0.4) is 0 Å². The normalized spacial score (nSPS) is 22.5. The van der Waals surface area contributed by atoms with Gasteiger partial charge in [0.2, 0.25) is 0 Å². The molecular weight excluding hydrogens is 296 g/mol. The van der Waals surface area contributed by atoms with E-state index >= 15 is 0 Å². The third kappa shape index (κ3) is 3.13. The summed E-state index contributed by atoms with van der Waals surface area (Å²) in [7, 11) is 2.03. The molecule has 0 N–H and O–H groups in total. The lowest BCUT2D eigenvalue weighted by Gasteiger charge is -2.41. The predicted octanol–water partition coefficient (Wildman–Crippen LogP) is 2.75. The summed E-state index contributed by atoms with van der Waals surface area (Å²) in [5.41, 5.74) is 5.75. The zero-order valence-corrected chi connectivity index (χ0v) is 14.9. The molecule has 3 heterocycles. The lowest BCUT2D eigenvalue weighted by Crippen LogP contribution is -2.49. The Kier molecular flexibility index (Phi) is 4.42. The Labute approximate surface area is 145 Å². The van der Waals surface area contributed by atoms with Gasteiger partial charge in [0.25, 0.3) is 0 Å². The molecule has 24 heavy (non-hydrogen) atoms. The molecule has 0 bridgehead atoms. The minimum atomic E-state index is 0.698. The Hall–Kier alpha value is -1.65. The van der Waals surface area contributed by atoms with Crippen molar-refractivity contribution in [3.05, 3.63) is 52.8 Å². The Morgan fingerprint density at radius 2 is 2.00 bits per heavy atom. The molecule has 0 amide bonds. The molecule has 128 valence electrons. The summed E-state index contributed by atoms with van der Waals surface area (Å²) in [6.07, 6.45) is 5.89. The molecule has 4 rings (SSSR count). The SMILES string of the molecule is Cc1c(CN2CCCC(N3CCc4ccccc4C3)C2)cnn1C. The summed E-state index contributed by atoms with van der Waals surface area (Å²) in [4.78, 5) is 5.34. The van der Waals surface area contributed by atoms with Crippen molar-refractivity contribution in [1.82, 2.24) is 19.6 Å². The Morgan fingerprint density at radius 1 is 1.17 bits per heavy atom. The predicted molar refractivity (Wildman–Crippen MR) is 96.8 cm³/mol. The molecule has 1 unspecified atom stereocenters. The average Bonchev–Trinajstić information content (AvgIpc) is 2.94. The van der Waals surface area contributed by atoms with Crippen molar-refractivity contribution >= 4 is 0 Å². The van der Waals surface area contributed by atoms with Crippen LogP contribution in [-0.2, 0) is 26.6 Å². The molecule has 0 radical (unpaired) electrons. The molecule has 1 fully saturated rings. The smallest absolute Gasteiger partial charge is 0.0537 e. The summed E-state index contributed by atoms with van der Waals surface area (Å²) >= 11 is 0. The third-order valence-electron chi connectivity index (χ3n) is 5.89. The van der Waals surface area contributed by atoms with Crippen molar-refractivity contribution in [3.63, 3.8) is 0 Å². The third-order valence-corrected chi connectivity index (χ3v) is 5.89. The fraction of sp³-hybridized carbons (Fsp3) is 0.550. The molecule has 1 atom stereocenters. The Morgan fingerprint density at radius 3 is 2.79 bits per heavy atom. The van der Waals surface area contributed by atoms with Gasteiger partial charge in [-0.3, -0.25) is 14.5 Å². The second-order valence-corrected chi connectivity index (χ2v) is 7.40. The molecule has 1 aromatic heterocycles. The first-order chi connectivity index (χ1) is 11.7. The Bertz CT molecular complexity index is 705. The molecule has 2 aromatic rings. The first-order valence-corrected chi connectivity index (χ1v) is 9.21. The van der Waals surface area contributed by atoms with Crippen LogP contribution in [0, 0.1) is 6.92 Å². The highest BCUT2D eigenvalue weighted by molar-refractivity contribution is 5.29. The zero-order chi connectivity index (χ0) is 16.5. The van der Waals surface area contributed by atoms with Crippen LogP contribution >= 0.6 is 0 Å². The number of likely N-dealkylation sites (tertiary alicyclic amines) is 1. The van der Waals surface area contributed by atoms with Crippen LogP contribution in [0.15, 0.2) is 30.5 Å². The average molecular weight is 324 g/mol. The van der Waals surface area contributed by atoms with Crippen LogP contribution in [0.1, 0.15) is 35.2 Å². The van der Waals surface area contributed by atoms with E-state index in [0.29, 0.717) is 6.04 Å². The number of rotatable bonds is 3. The van der Waals surface area contributed by atoms with Gasteiger partial charge in [0.1, 0.15) is 0 Å². The van der Waals surface area contributed by atoms with Gasteiger partial charge in [0, 0.05) is 50.5 Å². The minimum absolute atomic E-state index is 0.698. The first kappa shape index (κ1) is 15.9. The number of aryl methyl sites for hydroxylation is 1. The van der Waals surface area contributed by atoms with Gasteiger partial charge in [-0.05, 0) is 43.9 Å². The van der Waals surface area contributed by atoms with Crippen LogP contribution < -0.4 is 0 Å². The number of nitrogens with zero attached hydrogens (tertiary/aromatic N) is 4. The zero-order valence-electron chi connectivity index (χ0n) is 14.9. The molecule has 2 aliphatic heterocycles. The molecular formula is C20H28N4. The molecule has 1 aromatic carbocycles. The maximum atomic E-state index is 4.40. The quantitative estimate of drug-likeness (QED) is 0.868. The fourth-order valence-corrected chi connectivity index (χ4v) is 4.24. The van der Waals surface area contributed by atoms with E-state index in [1.807, 2.05) is 17.9 Å². The van der Waals surface area contributed by atoms with E-state index < -0.39 is 0 Å². The lowest BCUT2D eigenvalue weighted by molar-refractivity contribution is 0.0837. The van der Waals surface area contributed by atoms with Crippen LogP contribution in [-0.4, -0.2) is 45.3 Å². The number of aromatic nitrogens is 2. The van der Waals surface area contributed by atoms with Crippen LogP contribution in [0.5, 0.6) is 0 Å². The van der Waals surface area contributed by atoms with Crippen molar-refractivity contribution in [3.8, 4) is 0 Å². The van der Waals surface area contributed by atoms with E-state index in [2.05, 4.69) is 46.1 Å². The van der Waals surface area contributed by atoms with Crippen molar-refractivity contribution in [1.29, 1.82) is 0 Å². The lowest BCUT2D eigenvalue weighted by atomic mass is 9.96. The minimum Gasteiger partial charge on any atom is -0.297 e. The molecule has 4 nitrogen and oxygen atoms in total. The van der Waals surface area contributed by atoms with E-state index in [1.54, 1.807) is 5.56 Å². The maximum absolute atomic E-state index is 4.40. The van der Waals surface area contributed by atoms with Gasteiger partial charge in [0.05, 0.1) is 6.20 Å². The van der Waals surface area contributed by atoms with Crippen LogP contribution in [0.4, 0.5) is 0 Å². The molecule has 4 heteroatoms. The summed E-state index contributed by atoms with van der Waals surface area (Å²) in [6.45, 7) is 7.96. The standard InChI is InChI=1S/C20H28N4/c1-16-19(12-21-22(16)2)13-23-10-5-8-20(15-23)24-11-9-17-6-3-4-7-18(17)14-24/h3-4,6-7,12,20H,5,8-11,13-15H2,1-2H3. The van der Waals surface area contributed by atoms with Gasteiger partial charge in [-0.25, -0.2) is 0 Å². The highest BCUT2D eigenvalue weighted by atomic mass is 15.3. The van der Waals surface area contributed by atoms with E-state index in [-0.39, 0.29) is 0 Å². The highest BCUT2D eigenvalue weighted by Gasteiger charge is 2.28. The number of fused-ring (bicyclic) bond motifs is 1. The van der Waals surface area contributed by atoms with E-state index in [4.69, 9.17) is 0 Å². The van der Waals surface area contributed by atoms with Crippen molar-refractivity contribution in [2.75, 3.05) is 19.6 Å². The second-order valence-electron chi connectivity index (χ2n) is 7.40. The molecule has 0 saturated carbocycles. The van der Waals surface area contributed by atoms with Gasteiger partial charge in [-0.1, -0.05) is 24.3 Å². The Balaban J connectivity index is 1.41. The summed E-state index contributed by atoms with van der Waals surface area (Å²) < 4.78 is 1.98. The molecule has 0 aliphatic carbocycles. The van der Waals surface area contributed by atoms with Crippen LogP contribution in [0.2, 0.25) is 0 Å². The van der Waals surface area contributed by atoms with Gasteiger partial charge >= 0.3 is 0 Å². The van der Waals surface area contributed by atoms with Crippen molar-refractivity contribution in [2.45, 2.75) is 45.3 Å². The van der Waals surface area contributed by atoms with Gasteiger partial charge in [-0.15, -0.1) is 0 Å². The van der Waals surface area contributed by atoms with E-state index in [0.717, 1.165) is 13.1 Å². The van der Waals surface area contributed by atoms with Gasteiger partial charge in [-0.2, -0.15) is 5.10 Å². The van der Waals surface area contributed by atoms with Crippen molar-refractivity contribution < 1.29 is 0 Å². The summed E-state index contributed by atoms with van der Waals surface area (Å²) in [5, 5.41) is 4.40. The molecule has 0 spiro atoms. The molecule has 2 aliphatic rings. The highest BCUT2D eigenvalue weighted by Crippen LogP contribution is 2.25. The maximum Gasteiger partial charge on any atom is 0.0537 e. The van der Waals surface area contributed by atoms with E-state index in [1.165, 1.54) is 55.7 Å². The largest absolute Gasteiger partial charge is 0.297 e. The second kappa shape index (κ2) is 6.69. The van der Waals surface area contributed by atoms with E-state index in [9.17, 15) is 0 Å². The molecule has 1 saturated heterocycles. The monoisotopic (exact) mass is 324 g/mol. The van der Waals surface area contributed by atoms with Crippen LogP contribution in [0.25, 0.3) is 0 Å². The number of hydrogen-bond acceptors (Lipinski definition) is 3. The number of benzene rings is 1. The fourth-order valence-electron chi connectivity index (χ4n) is 4.24. The topological polar surface area (TPSA) is 24.3 Å². The first-order valence-electron chi connectivity index (χ1n) is 9.21. The van der Waals surface area contributed by atoms with Gasteiger partial charge in [0.15, 0.2) is 0 Å². The summed E-state index contributed by atoms with van der Waals surface area (Å²) in [5.74, 6) is 0. The number of hydrogen-bond donors (Lipinski definition) is 0.